The molecule has 1 saturated carbocycles. The molecule has 0 atom stereocenters. The van der Waals surface area contributed by atoms with Crippen molar-refractivity contribution in [2.75, 3.05) is 5.32 Å². The number of benzene rings is 1. The van der Waals surface area contributed by atoms with Crippen LogP contribution in [0.5, 0.6) is 0 Å². The average molecular weight is 457 g/mol. The lowest BCUT2D eigenvalue weighted by Crippen LogP contribution is -2.25. The number of carbonyl (C=O) groups excluding carboxylic acids is 2. The monoisotopic (exact) mass is 457 g/mol. The van der Waals surface area contributed by atoms with Crippen molar-refractivity contribution in [2.45, 2.75) is 44.3 Å². The highest BCUT2D eigenvalue weighted by Crippen LogP contribution is 2.46. The molecule has 2 aromatic heterocycles. The van der Waals surface area contributed by atoms with Crippen LogP contribution in [-0.2, 0) is 29.4 Å². The summed E-state index contributed by atoms with van der Waals surface area (Å²) in [5.41, 5.74) is 0.133. The van der Waals surface area contributed by atoms with Gasteiger partial charge in [-0.1, -0.05) is 24.2 Å². The number of alkyl halides is 3. The number of fused-ring (bicyclic) bond motifs is 1. The van der Waals surface area contributed by atoms with Gasteiger partial charge in [-0.15, -0.1) is 0 Å². The summed E-state index contributed by atoms with van der Waals surface area (Å²) in [6.45, 7) is 1.57. The van der Waals surface area contributed by atoms with Gasteiger partial charge in [0.1, 0.15) is 5.82 Å². The van der Waals surface area contributed by atoms with E-state index in [0.717, 1.165) is 18.9 Å². The minimum absolute atomic E-state index is 0.0445. The molecular formula is C22H18F3N5O3. The van der Waals surface area contributed by atoms with E-state index < -0.39 is 17.6 Å². The number of carbonyl (C=O) groups is 2. The van der Waals surface area contributed by atoms with Crippen LogP contribution < -0.4 is 10.6 Å². The molecule has 0 radical (unpaired) electrons. The maximum Gasteiger partial charge on any atom is 0.416 e. The van der Waals surface area contributed by atoms with Gasteiger partial charge in [-0.2, -0.15) is 18.2 Å². The first-order valence-corrected chi connectivity index (χ1v) is 10.2. The maximum absolute atomic E-state index is 13.8. The third-order valence-electron chi connectivity index (χ3n) is 5.98. The Bertz CT molecular complexity index is 1280. The smallest absolute Gasteiger partial charge is 0.344 e. The molecule has 1 aliphatic heterocycles. The van der Waals surface area contributed by atoms with Crippen molar-refractivity contribution < 1.29 is 27.3 Å². The molecule has 0 bridgehead atoms. The summed E-state index contributed by atoms with van der Waals surface area (Å²) in [6.07, 6.45) is -1.40. The summed E-state index contributed by atoms with van der Waals surface area (Å²) < 4.78 is 46.5. The second-order valence-electron chi connectivity index (χ2n) is 8.45. The summed E-state index contributed by atoms with van der Waals surface area (Å²) >= 11 is 0. The number of amides is 2. The van der Waals surface area contributed by atoms with Crippen LogP contribution in [0.2, 0.25) is 0 Å². The van der Waals surface area contributed by atoms with E-state index in [1.165, 1.54) is 18.3 Å². The molecule has 1 aromatic carbocycles. The van der Waals surface area contributed by atoms with Crippen LogP contribution in [0.3, 0.4) is 0 Å². The molecule has 0 saturated heterocycles. The first kappa shape index (κ1) is 21.1. The molecular weight excluding hydrogens is 439 g/mol. The Morgan fingerprint density at radius 3 is 2.79 bits per heavy atom. The van der Waals surface area contributed by atoms with Gasteiger partial charge in [0.05, 0.1) is 12.0 Å². The van der Waals surface area contributed by atoms with Gasteiger partial charge in [-0.3, -0.25) is 9.59 Å². The van der Waals surface area contributed by atoms with Gasteiger partial charge < -0.3 is 15.2 Å². The number of nitrogens with zero attached hydrogens (tertiary/aromatic N) is 3. The fourth-order valence-electron chi connectivity index (χ4n) is 3.77. The fourth-order valence-corrected chi connectivity index (χ4v) is 3.77. The Kier molecular flexibility index (Phi) is 4.73. The van der Waals surface area contributed by atoms with Crippen LogP contribution in [0.15, 0.2) is 35.0 Å². The Labute approximate surface area is 185 Å². The molecule has 8 nitrogen and oxygen atoms in total. The first-order valence-electron chi connectivity index (χ1n) is 10.2. The molecule has 1 fully saturated rings. The number of rotatable bonds is 5. The molecule has 170 valence electrons. The molecule has 2 N–H and O–H groups in total. The van der Waals surface area contributed by atoms with Gasteiger partial charge in [-0.25, -0.2) is 4.98 Å². The second-order valence-corrected chi connectivity index (χ2v) is 8.45. The summed E-state index contributed by atoms with van der Waals surface area (Å²) in [5, 5.41) is 8.81. The molecule has 0 unspecified atom stereocenters. The van der Waals surface area contributed by atoms with Crippen molar-refractivity contribution in [3.8, 4) is 11.1 Å². The lowest BCUT2D eigenvalue weighted by molar-refractivity contribution is -0.138. The summed E-state index contributed by atoms with van der Waals surface area (Å²) in [6, 6.07) is 5.41. The molecule has 5 rings (SSSR count). The van der Waals surface area contributed by atoms with Crippen molar-refractivity contribution >= 4 is 17.6 Å². The van der Waals surface area contributed by atoms with Gasteiger partial charge in [0.2, 0.25) is 5.91 Å². The van der Waals surface area contributed by atoms with E-state index in [1.54, 1.807) is 6.07 Å². The van der Waals surface area contributed by atoms with Crippen LogP contribution in [0.4, 0.5) is 19.0 Å². The van der Waals surface area contributed by atoms with Gasteiger partial charge >= 0.3 is 18.0 Å². The van der Waals surface area contributed by atoms with E-state index in [4.69, 9.17) is 4.52 Å². The maximum atomic E-state index is 13.8. The summed E-state index contributed by atoms with van der Waals surface area (Å²) in [5.74, 6) is -0.521. The molecule has 2 aliphatic rings. The third-order valence-corrected chi connectivity index (χ3v) is 5.98. The van der Waals surface area contributed by atoms with Crippen LogP contribution in [0.1, 0.15) is 53.0 Å². The Hall–Kier alpha value is -3.76. The van der Waals surface area contributed by atoms with Crippen LogP contribution in [0, 0.1) is 0 Å². The van der Waals surface area contributed by atoms with E-state index >= 15 is 0 Å². The van der Waals surface area contributed by atoms with E-state index in [1.807, 2.05) is 6.92 Å². The zero-order valence-electron chi connectivity index (χ0n) is 17.4. The molecule has 3 aromatic rings. The van der Waals surface area contributed by atoms with Gasteiger partial charge in [0, 0.05) is 23.7 Å². The first-order chi connectivity index (χ1) is 15.6. The number of anilines is 1. The van der Waals surface area contributed by atoms with E-state index in [0.29, 0.717) is 28.3 Å². The van der Waals surface area contributed by atoms with Crippen molar-refractivity contribution in [1.82, 2.24) is 20.4 Å². The standard InChI is InChI=1S/C22H18F3N5O3/c1-21(5-6-21)20-29-19(33-30-20)18(32)27-10-12-3-2-11(8-15(12)22(23,24)25)13-4-7-26-17-14(13)9-16(31)28-17/h2-4,7-8H,5-6,9-10H2,1H3,(H,27,32)(H,26,28,31). The van der Waals surface area contributed by atoms with Crippen LogP contribution in [0.25, 0.3) is 11.1 Å². The van der Waals surface area contributed by atoms with Crippen molar-refractivity contribution in [3.63, 3.8) is 0 Å². The third kappa shape index (κ3) is 3.94. The van der Waals surface area contributed by atoms with Gasteiger partial charge in [0.25, 0.3) is 0 Å². The van der Waals surface area contributed by atoms with E-state index in [2.05, 4.69) is 25.8 Å². The fraction of sp³-hybridized carbons (Fsp3) is 0.318. The molecule has 33 heavy (non-hydrogen) atoms. The molecule has 1 aliphatic carbocycles. The minimum Gasteiger partial charge on any atom is -0.344 e. The van der Waals surface area contributed by atoms with Gasteiger partial charge in [0.15, 0.2) is 5.82 Å². The number of nitrogens with one attached hydrogen (secondary N) is 2. The lowest BCUT2D eigenvalue weighted by atomic mass is 9.95. The Morgan fingerprint density at radius 2 is 2.06 bits per heavy atom. The highest BCUT2D eigenvalue weighted by molar-refractivity contribution is 6.00. The lowest BCUT2D eigenvalue weighted by Gasteiger charge is -2.16. The van der Waals surface area contributed by atoms with E-state index in [-0.39, 0.29) is 35.7 Å². The summed E-state index contributed by atoms with van der Waals surface area (Å²) in [4.78, 5) is 32.2. The SMILES string of the molecule is CC1(c2noc(C(=O)NCc3ccc(-c4ccnc5c4CC(=O)N5)cc3C(F)(F)F)n2)CC1. The molecule has 0 spiro atoms. The van der Waals surface area contributed by atoms with Crippen LogP contribution in [-0.4, -0.2) is 26.9 Å². The highest BCUT2D eigenvalue weighted by Gasteiger charge is 2.44. The Balaban J connectivity index is 1.40. The average Bonchev–Trinajstić information content (AvgIpc) is 3.17. The van der Waals surface area contributed by atoms with Gasteiger partial charge in [-0.05, 0) is 41.7 Å². The number of hydrogen-bond donors (Lipinski definition) is 2. The predicted octanol–water partition coefficient (Wildman–Crippen LogP) is 3.63. The molecule has 3 heterocycles. The number of aromatic nitrogens is 3. The second kappa shape index (κ2) is 7.39. The molecule has 11 heteroatoms. The van der Waals surface area contributed by atoms with Crippen molar-refractivity contribution in [1.29, 1.82) is 0 Å². The number of halogens is 3. The van der Waals surface area contributed by atoms with Crippen molar-refractivity contribution in [3.05, 3.63) is 58.9 Å². The number of hydrogen-bond acceptors (Lipinski definition) is 6. The highest BCUT2D eigenvalue weighted by atomic mass is 19.4. The Morgan fingerprint density at radius 1 is 1.27 bits per heavy atom. The van der Waals surface area contributed by atoms with Crippen molar-refractivity contribution in [2.24, 2.45) is 0 Å². The minimum atomic E-state index is -4.65. The summed E-state index contributed by atoms with van der Waals surface area (Å²) in [7, 11) is 0. The quantitative estimate of drug-likeness (QED) is 0.606. The molecule has 2 amide bonds. The van der Waals surface area contributed by atoms with E-state index in [9.17, 15) is 22.8 Å². The number of pyridine rings is 1. The zero-order valence-corrected chi connectivity index (χ0v) is 17.4. The largest absolute Gasteiger partial charge is 0.416 e. The topological polar surface area (TPSA) is 110 Å². The van der Waals surface area contributed by atoms with Crippen LogP contribution >= 0.6 is 0 Å². The normalized spacial score (nSPS) is 16.3. The zero-order chi connectivity index (χ0) is 23.4. The predicted molar refractivity (Wildman–Crippen MR) is 109 cm³/mol.